The predicted octanol–water partition coefficient (Wildman–Crippen LogP) is 2.75. The third-order valence-electron chi connectivity index (χ3n) is 2.07. The summed E-state index contributed by atoms with van der Waals surface area (Å²) >= 11 is 0. The average Bonchev–Trinajstić information content (AvgIpc) is 2.71. The third kappa shape index (κ3) is 0.942. The van der Waals surface area contributed by atoms with E-state index in [1.807, 2.05) is 6.07 Å². The van der Waals surface area contributed by atoms with Crippen LogP contribution in [0.2, 0.25) is 0 Å². The van der Waals surface area contributed by atoms with E-state index in [-0.39, 0.29) is 0 Å². The predicted molar refractivity (Wildman–Crippen MR) is 42.9 cm³/mol. The Bertz CT molecular complexity index is 234. The lowest BCUT2D eigenvalue weighted by molar-refractivity contribution is 1.12. The second kappa shape index (κ2) is 2.12. The summed E-state index contributed by atoms with van der Waals surface area (Å²) in [6, 6.07) is 8.43. The van der Waals surface area contributed by atoms with Crippen molar-refractivity contribution in [2.24, 2.45) is 0 Å². The van der Waals surface area contributed by atoms with E-state index < -0.39 is 0 Å². The van der Waals surface area contributed by atoms with Crippen LogP contribution in [0.1, 0.15) is 29.9 Å². The highest BCUT2D eigenvalue weighted by atomic mass is 14.3. The minimum atomic E-state index is 0.841. The molecule has 0 spiro atoms. The molecule has 10 heavy (non-hydrogen) atoms. The Kier molecular flexibility index (Phi) is 1.26. The van der Waals surface area contributed by atoms with E-state index in [1.54, 1.807) is 0 Å². The normalized spacial score (nSPS) is 17.3. The molecule has 0 unspecified atom stereocenters. The first-order chi connectivity index (χ1) is 4.88. The molecule has 1 aliphatic rings. The Morgan fingerprint density at radius 3 is 2.50 bits per heavy atom. The van der Waals surface area contributed by atoms with Crippen LogP contribution in [0.4, 0.5) is 0 Å². The van der Waals surface area contributed by atoms with Crippen molar-refractivity contribution in [1.29, 1.82) is 0 Å². The SMILES string of the molecule is [CH2]c1ccccc1C1CC1. The lowest BCUT2D eigenvalue weighted by Crippen LogP contribution is -1.82. The summed E-state index contributed by atoms with van der Waals surface area (Å²) in [5.74, 6) is 0.841. The Morgan fingerprint density at radius 1 is 1.20 bits per heavy atom. The molecular formula is C10H11. The van der Waals surface area contributed by atoms with Crippen molar-refractivity contribution in [3.63, 3.8) is 0 Å². The molecule has 1 saturated carbocycles. The zero-order valence-corrected chi connectivity index (χ0v) is 6.01. The van der Waals surface area contributed by atoms with Crippen LogP contribution in [-0.2, 0) is 0 Å². The summed E-state index contributed by atoms with van der Waals surface area (Å²) in [5, 5.41) is 0. The molecule has 51 valence electrons. The highest BCUT2D eigenvalue weighted by Crippen LogP contribution is 2.41. The van der Waals surface area contributed by atoms with Gasteiger partial charge >= 0.3 is 0 Å². The molecule has 0 atom stereocenters. The topological polar surface area (TPSA) is 0 Å². The first kappa shape index (κ1) is 5.96. The number of hydrogen-bond donors (Lipinski definition) is 0. The highest BCUT2D eigenvalue weighted by Gasteiger charge is 2.24. The third-order valence-corrected chi connectivity index (χ3v) is 2.07. The van der Waals surface area contributed by atoms with E-state index in [2.05, 4.69) is 25.1 Å². The quantitative estimate of drug-likeness (QED) is 0.549. The molecule has 0 nitrogen and oxygen atoms in total. The van der Waals surface area contributed by atoms with Crippen LogP contribution in [0.15, 0.2) is 24.3 Å². The van der Waals surface area contributed by atoms with E-state index in [9.17, 15) is 0 Å². The van der Waals surface area contributed by atoms with Crippen molar-refractivity contribution in [2.45, 2.75) is 18.8 Å². The van der Waals surface area contributed by atoms with Crippen molar-refractivity contribution < 1.29 is 0 Å². The molecule has 0 heterocycles. The van der Waals surface area contributed by atoms with Crippen LogP contribution < -0.4 is 0 Å². The minimum Gasteiger partial charge on any atom is -0.0620 e. The first-order valence-corrected chi connectivity index (χ1v) is 3.79. The fourth-order valence-corrected chi connectivity index (χ4v) is 1.33. The number of benzene rings is 1. The molecule has 0 N–H and O–H groups in total. The van der Waals surface area contributed by atoms with Crippen LogP contribution in [0, 0.1) is 6.92 Å². The van der Waals surface area contributed by atoms with Crippen molar-refractivity contribution in [1.82, 2.24) is 0 Å². The molecule has 1 radical (unpaired) electrons. The zero-order chi connectivity index (χ0) is 6.97. The second-order valence-corrected chi connectivity index (χ2v) is 2.97. The fraction of sp³-hybridized carbons (Fsp3) is 0.300. The van der Waals surface area contributed by atoms with Gasteiger partial charge in [0.1, 0.15) is 0 Å². The molecule has 1 aromatic rings. The maximum absolute atomic E-state index is 3.98. The first-order valence-electron chi connectivity index (χ1n) is 3.79. The lowest BCUT2D eigenvalue weighted by Gasteiger charge is -2.00. The van der Waals surface area contributed by atoms with Gasteiger partial charge in [0.05, 0.1) is 0 Å². The van der Waals surface area contributed by atoms with Gasteiger partial charge in [-0.15, -0.1) is 0 Å². The van der Waals surface area contributed by atoms with Gasteiger partial charge in [-0.05, 0) is 36.8 Å². The monoisotopic (exact) mass is 131 g/mol. The highest BCUT2D eigenvalue weighted by molar-refractivity contribution is 5.34. The van der Waals surface area contributed by atoms with E-state index in [0.717, 1.165) is 5.92 Å². The Hall–Kier alpha value is -0.780. The molecule has 0 amide bonds. The summed E-state index contributed by atoms with van der Waals surface area (Å²) in [6.07, 6.45) is 2.74. The molecule has 1 aromatic carbocycles. The molecule has 0 bridgehead atoms. The van der Waals surface area contributed by atoms with E-state index in [0.29, 0.717) is 0 Å². The molecule has 0 heteroatoms. The summed E-state index contributed by atoms with van der Waals surface area (Å²) < 4.78 is 0. The maximum Gasteiger partial charge on any atom is -0.0159 e. The van der Waals surface area contributed by atoms with E-state index in [1.165, 1.54) is 24.0 Å². The second-order valence-electron chi connectivity index (χ2n) is 2.97. The average molecular weight is 131 g/mol. The molecule has 0 aliphatic heterocycles. The smallest absolute Gasteiger partial charge is 0.0159 e. The van der Waals surface area contributed by atoms with Gasteiger partial charge in [0.25, 0.3) is 0 Å². The van der Waals surface area contributed by atoms with Gasteiger partial charge in [0, 0.05) is 0 Å². The van der Waals surface area contributed by atoms with Crippen molar-refractivity contribution in [3.05, 3.63) is 42.3 Å². The fourth-order valence-electron chi connectivity index (χ4n) is 1.33. The van der Waals surface area contributed by atoms with Gasteiger partial charge in [-0.1, -0.05) is 24.3 Å². The maximum atomic E-state index is 3.98. The van der Waals surface area contributed by atoms with Crippen LogP contribution >= 0.6 is 0 Å². The van der Waals surface area contributed by atoms with Crippen LogP contribution in [-0.4, -0.2) is 0 Å². The van der Waals surface area contributed by atoms with Crippen LogP contribution in [0.25, 0.3) is 0 Å². The minimum absolute atomic E-state index is 0.841. The molecule has 0 aromatic heterocycles. The van der Waals surface area contributed by atoms with Gasteiger partial charge in [-0.25, -0.2) is 0 Å². The van der Waals surface area contributed by atoms with Gasteiger partial charge in [-0.2, -0.15) is 0 Å². The molecular weight excluding hydrogens is 120 g/mol. The summed E-state index contributed by atoms with van der Waals surface area (Å²) in [7, 11) is 0. The number of hydrogen-bond acceptors (Lipinski definition) is 0. The van der Waals surface area contributed by atoms with Crippen LogP contribution in [0.3, 0.4) is 0 Å². The Labute approximate surface area is 61.9 Å². The Morgan fingerprint density at radius 2 is 1.90 bits per heavy atom. The standard InChI is InChI=1S/C10H11/c1-8-4-2-3-5-10(8)9-6-7-9/h2-5,9H,1,6-7H2. The van der Waals surface area contributed by atoms with Crippen LogP contribution in [0.5, 0.6) is 0 Å². The molecule has 1 aliphatic carbocycles. The van der Waals surface area contributed by atoms with Crippen molar-refractivity contribution >= 4 is 0 Å². The van der Waals surface area contributed by atoms with Gasteiger partial charge in [0.2, 0.25) is 0 Å². The van der Waals surface area contributed by atoms with Gasteiger partial charge in [0.15, 0.2) is 0 Å². The van der Waals surface area contributed by atoms with E-state index in [4.69, 9.17) is 0 Å². The van der Waals surface area contributed by atoms with Gasteiger partial charge < -0.3 is 0 Å². The molecule has 0 saturated heterocycles. The van der Waals surface area contributed by atoms with Crippen molar-refractivity contribution in [3.8, 4) is 0 Å². The van der Waals surface area contributed by atoms with Crippen molar-refractivity contribution in [2.75, 3.05) is 0 Å². The zero-order valence-electron chi connectivity index (χ0n) is 6.01. The van der Waals surface area contributed by atoms with Gasteiger partial charge in [-0.3, -0.25) is 0 Å². The summed E-state index contributed by atoms with van der Waals surface area (Å²) in [5.41, 5.74) is 2.67. The Balaban J connectivity index is 2.39. The van der Waals surface area contributed by atoms with E-state index >= 15 is 0 Å². The summed E-state index contributed by atoms with van der Waals surface area (Å²) in [4.78, 5) is 0. The largest absolute Gasteiger partial charge is 0.0620 e. The lowest BCUT2D eigenvalue weighted by atomic mass is 10.1. The summed E-state index contributed by atoms with van der Waals surface area (Å²) in [6.45, 7) is 3.98. The molecule has 2 rings (SSSR count). The number of rotatable bonds is 1. The molecule has 1 fully saturated rings.